The SMILES string of the molecule is Cn1cnc(/C=N/S(=O)C(C)(C)C)c1. The molecule has 0 aliphatic rings. The second-order valence-electron chi connectivity index (χ2n) is 4.06. The first kappa shape index (κ1) is 11.1. The number of hydrogen-bond acceptors (Lipinski definition) is 2. The van der Waals surface area contributed by atoms with E-state index in [1.807, 2.05) is 38.6 Å². The van der Waals surface area contributed by atoms with Crippen LogP contribution in [-0.4, -0.2) is 24.7 Å². The van der Waals surface area contributed by atoms with Gasteiger partial charge in [-0.3, -0.25) is 0 Å². The Morgan fingerprint density at radius 1 is 1.57 bits per heavy atom. The zero-order chi connectivity index (χ0) is 10.8. The number of nitrogens with zero attached hydrogens (tertiary/aromatic N) is 3. The fourth-order valence-corrected chi connectivity index (χ4v) is 1.28. The minimum Gasteiger partial charge on any atom is -0.340 e. The Balaban J connectivity index is 2.70. The van der Waals surface area contributed by atoms with Gasteiger partial charge < -0.3 is 4.57 Å². The molecule has 0 amide bonds. The van der Waals surface area contributed by atoms with Crippen LogP contribution >= 0.6 is 0 Å². The van der Waals surface area contributed by atoms with Gasteiger partial charge in [-0.05, 0) is 20.8 Å². The highest BCUT2D eigenvalue weighted by Crippen LogP contribution is 2.11. The Kier molecular flexibility index (Phi) is 3.21. The van der Waals surface area contributed by atoms with Gasteiger partial charge in [0.1, 0.15) is 11.0 Å². The maximum absolute atomic E-state index is 11.5. The van der Waals surface area contributed by atoms with Crippen LogP contribution in [0.15, 0.2) is 16.9 Å². The predicted molar refractivity (Wildman–Crippen MR) is 58.7 cm³/mol. The second kappa shape index (κ2) is 4.04. The van der Waals surface area contributed by atoms with Crippen molar-refractivity contribution in [1.82, 2.24) is 9.55 Å². The Labute approximate surface area is 86.7 Å². The maximum Gasteiger partial charge on any atom is 0.144 e. The molecule has 0 saturated carbocycles. The lowest BCUT2D eigenvalue weighted by molar-refractivity contribution is 0.651. The first-order valence-corrected chi connectivity index (χ1v) is 5.44. The highest BCUT2D eigenvalue weighted by molar-refractivity contribution is 7.85. The third kappa shape index (κ3) is 3.06. The number of hydrogen-bond donors (Lipinski definition) is 0. The van der Waals surface area contributed by atoms with E-state index >= 15 is 0 Å². The molecule has 14 heavy (non-hydrogen) atoms. The number of aryl methyl sites for hydroxylation is 1. The van der Waals surface area contributed by atoms with Gasteiger partial charge in [-0.25, -0.2) is 9.19 Å². The summed E-state index contributed by atoms with van der Waals surface area (Å²) < 4.78 is 17.0. The third-order valence-electron chi connectivity index (χ3n) is 1.53. The molecule has 78 valence electrons. The number of imidazole rings is 1. The monoisotopic (exact) mass is 213 g/mol. The summed E-state index contributed by atoms with van der Waals surface area (Å²) in [5.41, 5.74) is 0.727. The molecule has 5 heteroatoms. The molecule has 1 aromatic heterocycles. The summed E-state index contributed by atoms with van der Waals surface area (Å²) in [6.07, 6.45) is 5.05. The van der Waals surface area contributed by atoms with Crippen LogP contribution in [0.25, 0.3) is 0 Å². The van der Waals surface area contributed by atoms with Gasteiger partial charge in [-0.15, -0.1) is 0 Å². The van der Waals surface area contributed by atoms with E-state index in [9.17, 15) is 4.21 Å². The van der Waals surface area contributed by atoms with Crippen molar-refractivity contribution < 1.29 is 4.21 Å². The Hall–Kier alpha value is -0.970. The second-order valence-corrected chi connectivity index (χ2v) is 5.99. The highest BCUT2D eigenvalue weighted by Gasteiger charge is 2.18. The van der Waals surface area contributed by atoms with Crippen LogP contribution in [0.2, 0.25) is 0 Å². The van der Waals surface area contributed by atoms with Gasteiger partial charge in [0, 0.05) is 13.2 Å². The van der Waals surface area contributed by atoms with Gasteiger partial charge in [-0.1, -0.05) is 0 Å². The Morgan fingerprint density at radius 3 is 2.64 bits per heavy atom. The van der Waals surface area contributed by atoms with Crippen molar-refractivity contribution in [3.05, 3.63) is 18.2 Å². The molecule has 0 aliphatic heterocycles. The fourth-order valence-electron chi connectivity index (χ4n) is 0.760. The molecule has 1 unspecified atom stereocenters. The first-order chi connectivity index (χ1) is 6.39. The summed E-state index contributed by atoms with van der Waals surface area (Å²) in [7, 11) is 0.672. The first-order valence-electron chi connectivity index (χ1n) is 4.33. The molecule has 1 rings (SSSR count). The number of rotatable bonds is 2. The van der Waals surface area contributed by atoms with Gasteiger partial charge in [0.05, 0.1) is 23.0 Å². The average molecular weight is 213 g/mol. The van der Waals surface area contributed by atoms with Crippen LogP contribution in [0.1, 0.15) is 26.5 Å². The topological polar surface area (TPSA) is 47.2 Å². The van der Waals surface area contributed by atoms with Crippen LogP contribution in [-0.2, 0) is 18.0 Å². The van der Waals surface area contributed by atoms with E-state index in [0.717, 1.165) is 5.69 Å². The average Bonchev–Trinajstić information content (AvgIpc) is 2.45. The van der Waals surface area contributed by atoms with Crippen LogP contribution in [0, 0.1) is 0 Å². The van der Waals surface area contributed by atoms with Gasteiger partial charge in [0.25, 0.3) is 0 Å². The van der Waals surface area contributed by atoms with E-state index in [2.05, 4.69) is 9.38 Å². The van der Waals surface area contributed by atoms with E-state index in [1.54, 1.807) is 12.5 Å². The molecule has 1 heterocycles. The van der Waals surface area contributed by atoms with Crippen LogP contribution in [0.3, 0.4) is 0 Å². The maximum atomic E-state index is 11.5. The molecule has 0 radical (unpaired) electrons. The van der Waals surface area contributed by atoms with Crippen molar-refractivity contribution in [2.75, 3.05) is 0 Å². The fraction of sp³-hybridized carbons (Fsp3) is 0.556. The molecule has 0 saturated heterocycles. The molecule has 1 aromatic rings. The van der Waals surface area contributed by atoms with E-state index in [0.29, 0.717) is 0 Å². The molecular weight excluding hydrogens is 198 g/mol. The number of aromatic nitrogens is 2. The largest absolute Gasteiger partial charge is 0.340 e. The van der Waals surface area contributed by atoms with Crippen LogP contribution < -0.4 is 0 Å². The summed E-state index contributed by atoms with van der Waals surface area (Å²) in [5.74, 6) is 0. The van der Waals surface area contributed by atoms with Gasteiger partial charge >= 0.3 is 0 Å². The quantitative estimate of drug-likeness (QED) is 0.695. The molecular formula is C9H15N3OS. The van der Waals surface area contributed by atoms with Crippen LogP contribution in [0.5, 0.6) is 0 Å². The van der Waals surface area contributed by atoms with E-state index in [1.165, 1.54) is 0 Å². The zero-order valence-corrected chi connectivity index (χ0v) is 9.71. The summed E-state index contributed by atoms with van der Waals surface area (Å²) in [4.78, 5) is 4.05. The van der Waals surface area contributed by atoms with Gasteiger partial charge in [0.15, 0.2) is 0 Å². The van der Waals surface area contributed by atoms with Crippen molar-refractivity contribution in [1.29, 1.82) is 0 Å². The predicted octanol–water partition coefficient (Wildman–Crippen LogP) is 1.30. The van der Waals surface area contributed by atoms with E-state index in [-0.39, 0.29) is 4.75 Å². The lowest BCUT2D eigenvalue weighted by atomic mass is 10.3. The Morgan fingerprint density at radius 2 is 2.21 bits per heavy atom. The van der Waals surface area contributed by atoms with Crippen molar-refractivity contribution in [2.24, 2.45) is 11.4 Å². The molecule has 4 nitrogen and oxygen atoms in total. The van der Waals surface area contributed by atoms with E-state index < -0.39 is 11.0 Å². The van der Waals surface area contributed by atoms with Gasteiger partial charge in [-0.2, -0.15) is 4.40 Å². The van der Waals surface area contributed by atoms with Crippen molar-refractivity contribution in [3.8, 4) is 0 Å². The minimum absolute atomic E-state index is 0.314. The molecule has 0 aromatic carbocycles. The van der Waals surface area contributed by atoms with Crippen molar-refractivity contribution in [3.63, 3.8) is 0 Å². The summed E-state index contributed by atoms with van der Waals surface area (Å²) in [6, 6.07) is 0. The normalized spacial score (nSPS) is 14.9. The molecule has 0 N–H and O–H groups in total. The van der Waals surface area contributed by atoms with Crippen molar-refractivity contribution >= 4 is 17.2 Å². The summed E-state index contributed by atoms with van der Waals surface area (Å²) in [6.45, 7) is 5.66. The summed E-state index contributed by atoms with van der Waals surface area (Å²) in [5, 5.41) is 0. The minimum atomic E-state index is -1.21. The summed E-state index contributed by atoms with van der Waals surface area (Å²) >= 11 is 0. The lowest BCUT2D eigenvalue weighted by Crippen LogP contribution is -2.19. The molecule has 0 aliphatic carbocycles. The standard InChI is InChI=1S/C9H15N3OS/c1-9(2,3)14(13)11-5-8-6-12(4)7-10-8/h5-7H,1-4H3/b11-5+. The lowest BCUT2D eigenvalue weighted by Gasteiger charge is -2.12. The molecule has 0 fully saturated rings. The molecule has 1 atom stereocenters. The zero-order valence-electron chi connectivity index (χ0n) is 8.89. The smallest absolute Gasteiger partial charge is 0.144 e. The highest BCUT2D eigenvalue weighted by atomic mass is 32.2. The Bertz CT molecular complexity index is 362. The van der Waals surface area contributed by atoms with Gasteiger partial charge in [0.2, 0.25) is 0 Å². The van der Waals surface area contributed by atoms with E-state index in [4.69, 9.17) is 0 Å². The van der Waals surface area contributed by atoms with Crippen LogP contribution in [0.4, 0.5) is 0 Å². The third-order valence-corrected chi connectivity index (χ3v) is 2.87. The molecule has 0 spiro atoms. The molecule has 0 bridgehead atoms. The van der Waals surface area contributed by atoms with Crippen molar-refractivity contribution in [2.45, 2.75) is 25.5 Å².